The fourth-order valence-corrected chi connectivity index (χ4v) is 6.16. The second-order valence-corrected chi connectivity index (χ2v) is 11.0. The van der Waals surface area contributed by atoms with Crippen LogP contribution in [0.2, 0.25) is 0 Å². The molecule has 0 amide bonds. The maximum Gasteiger partial charge on any atom is 0.168 e. The van der Waals surface area contributed by atoms with Gasteiger partial charge in [0.05, 0.1) is 33.1 Å². The third-order valence-electron chi connectivity index (χ3n) is 8.38. The Bertz CT molecular complexity index is 2100. The molecule has 0 aliphatic heterocycles. The Kier molecular flexibility index (Phi) is 7.51. The van der Waals surface area contributed by atoms with Crippen LogP contribution in [-0.4, -0.2) is 33.8 Å². The summed E-state index contributed by atoms with van der Waals surface area (Å²) in [5, 5.41) is 21.7. The predicted molar refractivity (Wildman–Crippen MR) is 179 cm³/mol. The highest BCUT2D eigenvalue weighted by atomic mass is 16.5. The average Bonchev–Trinajstić information content (AvgIpc) is 3.61. The third-order valence-corrected chi connectivity index (χ3v) is 8.38. The lowest BCUT2D eigenvalue weighted by molar-refractivity contribution is 0.260. The zero-order valence-corrected chi connectivity index (χ0v) is 25.1. The van der Waals surface area contributed by atoms with Gasteiger partial charge in [0.25, 0.3) is 0 Å². The van der Waals surface area contributed by atoms with Crippen LogP contribution in [0, 0.1) is 0 Å². The second-order valence-electron chi connectivity index (χ2n) is 11.0. The van der Waals surface area contributed by atoms with Gasteiger partial charge < -0.3 is 19.7 Å². The van der Waals surface area contributed by atoms with E-state index in [0.29, 0.717) is 22.6 Å². The number of aliphatic hydroxyl groups excluding tert-OH is 2. The number of aromatic nitrogens is 2. The van der Waals surface area contributed by atoms with Gasteiger partial charge in [-0.25, -0.2) is 4.98 Å². The van der Waals surface area contributed by atoms with Crippen molar-refractivity contribution in [3.8, 4) is 56.1 Å². The lowest BCUT2D eigenvalue weighted by Crippen LogP contribution is -1.99. The molecule has 45 heavy (non-hydrogen) atoms. The van der Waals surface area contributed by atoms with Crippen LogP contribution in [0.4, 0.5) is 0 Å². The minimum absolute atomic E-state index is 0.160. The fraction of sp³-hybridized carbons (Fsp3) is 0.103. The number of pyridine rings is 1. The van der Waals surface area contributed by atoms with E-state index in [1.165, 1.54) is 0 Å². The number of nitrogens with zero attached hydrogens (tertiary/aromatic N) is 2. The number of hydrogen-bond donors (Lipinski definition) is 2. The summed E-state index contributed by atoms with van der Waals surface area (Å²) in [6.45, 7) is -0.324. The smallest absolute Gasteiger partial charge is 0.168 e. The Morgan fingerprint density at radius 3 is 1.84 bits per heavy atom. The lowest BCUT2D eigenvalue weighted by Gasteiger charge is -2.19. The number of imidazole rings is 1. The number of methoxy groups -OCH3 is 2. The molecule has 222 valence electrons. The summed E-state index contributed by atoms with van der Waals surface area (Å²) in [6.07, 6.45) is 3.70. The van der Waals surface area contributed by atoms with E-state index in [1.807, 2.05) is 40.9 Å². The van der Waals surface area contributed by atoms with E-state index < -0.39 is 0 Å². The van der Waals surface area contributed by atoms with Gasteiger partial charge >= 0.3 is 0 Å². The molecule has 2 N–H and O–H groups in total. The van der Waals surface area contributed by atoms with E-state index >= 15 is 0 Å². The lowest BCUT2D eigenvalue weighted by atomic mass is 9.91. The average molecular weight is 593 g/mol. The number of aliphatic hydroxyl groups is 2. The van der Waals surface area contributed by atoms with E-state index in [-0.39, 0.29) is 13.2 Å². The number of hydrogen-bond acceptors (Lipinski definition) is 5. The van der Waals surface area contributed by atoms with Crippen molar-refractivity contribution in [2.24, 2.45) is 0 Å². The largest absolute Gasteiger partial charge is 0.493 e. The van der Waals surface area contributed by atoms with Crippen LogP contribution in [0.3, 0.4) is 0 Å². The molecule has 2 aromatic heterocycles. The van der Waals surface area contributed by atoms with Crippen LogP contribution in [0.15, 0.2) is 122 Å². The molecule has 0 atom stereocenters. The second kappa shape index (κ2) is 11.9. The van der Waals surface area contributed by atoms with Gasteiger partial charge in [-0.3, -0.25) is 4.40 Å². The first kappa shape index (κ1) is 28.3. The minimum atomic E-state index is -0.164. The van der Waals surface area contributed by atoms with Crippen molar-refractivity contribution >= 4 is 16.4 Å². The van der Waals surface area contributed by atoms with Crippen molar-refractivity contribution in [1.29, 1.82) is 0 Å². The topological polar surface area (TPSA) is 76.2 Å². The van der Waals surface area contributed by atoms with E-state index in [9.17, 15) is 10.2 Å². The van der Waals surface area contributed by atoms with Gasteiger partial charge in [0.1, 0.15) is 5.65 Å². The normalized spacial score (nSPS) is 11.3. The molecule has 0 radical (unpaired) electrons. The van der Waals surface area contributed by atoms with Gasteiger partial charge in [0.2, 0.25) is 0 Å². The summed E-state index contributed by atoms with van der Waals surface area (Å²) in [7, 11) is 3.32. The summed E-state index contributed by atoms with van der Waals surface area (Å²) in [5.74, 6) is 1.25. The highest BCUT2D eigenvalue weighted by molar-refractivity contribution is 5.98. The van der Waals surface area contributed by atoms with Crippen molar-refractivity contribution in [3.05, 3.63) is 133 Å². The van der Waals surface area contributed by atoms with E-state index in [1.54, 1.807) is 20.4 Å². The first-order valence-corrected chi connectivity index (χ1v) is 14.8. The quantitative estimate of drug-likeness (QED) is 0.186. The predicted octanol–water partition coefficient (Wildman–Crippen LogP) is 8.16. The highest BCUT2D eigenvalue weighted by Crippen LogP contribution is 2.44. The Labute approximate surface area is 261 Å². The molecule has 0 fully saturated rings. The summed E-state index contributed by atoms with van der Waals surface area (Å²) in [5.41, 5.74) is 10.3. The minimum Gasteiger partial charge on any atom is -0.493 e. The molecular formula is C39H32N2O4. The monoisotopic (exact) mass is 592 g/mol. The van der Waals surface area contributed by atoms with Gasteiger partial charge in [0.15, 0.2) is 11.5 Å². The number of ether oxygens (including phenoxy) is 2. The van der Waals surface area contributed by atoms with Gasteiger partial charge in [-0.05, 0) is 92.9 Å². The van der Waals surface area contributed by atoms with Crippen LogP contribution in [0.1, 0.15) is 11.1 Å². The summed E-state index contributed by atoms with van der Waals surface area (Å²) in [4.78, 5) is 4.67. The molecule has 0 saturated heterocycles. The summed E-state index contributed by atoms with van der Waals surface area (Å²) >= 11 is 0. The molecule has 0 unspecified atom stereocenters. The Balaban J connectivity index is 1.50. The zero-order chi connectivity index (χ0) is 30.9. The van der Waals surface area contributed by atoms with Crippen molar-refractivity contribution in [2.75, 3.05) is 14.2 Å². The molecular weight excluding hydrogens is 560 g/mol. The van der Waals surface area contributed by atoms with Crippen LogP contribution >= 0.6 is 0 Å². The molecule has 0 aliphatic rings. The summed E-state index contributed by atoms with van der Waals surface area (Å²) in [6, 6.07) is 37.4. The van der Waals surface area contributed by atoms with Crippen LogP contribution in [-0.2, 0) is 13.2 Å². The molecule has 2 heterocycles. The number of fused-ring (bicyclic) bond motifs is 3. The van der Waals surface area contributed by atoms with Crippen molar-refractivity contribution in [2.45, 2.75) is 13.2 Å². The fourth-order valence-electron chi connectivity index (χ4n) is 6.16. The van der Waals surface area contributed by atoms with Crippen LogP contribution in [0.5, 0.6) is 11.5 Å². The van der Waals surface area contributed by atoms with Gasteiger partial charge in [-0.15, -0.1) is 0 Å². The van der Waals surface area contributed by atoms with E-state index in [4.69, 9.17) is 9.47 Å². The maximum absolute atomic E-state index is 10.0. The maximum atomic E-state index is 10.0. The Morgan fingerprint density at radius 1 is 0.622 bits per heavy atom. The molecule has 0 spiro atoms. The zero-order valence-electron chi connectivity index (χ0n) is 25.1. The van der Waals surface area contributed by atoms with Gasteiger partial charge in [-0.1, -0.05) is 60.7 Å². The molecule has 5 aromatic carbocycles. The van der Waals surface area contributed by atoms with Gasteiger partial charge in [-0.2, -0.15) is 0 Å². The Morgan fingerprint density at radius 2 is 1.24 bits per heavy atom. The molecule has 0 saturated carbocycles. The first-order valence-electron chi connectivity index (χ1n) is 14.8. The van der Waals surface area contributed by atoms with E-state index in [2.05, 4.69) is 83.8 Å². The van der Waals surface area contributed by atoms with Crippen molar-refractivity contribution in [3.63, 3.8) is 0 Å². The van der Waals surface area contributed by atoms with Crippen LogP contribution < -0.4 is 9.47 Å². The van der Waals surface area contributed by atoms with Gasteiger partial charge in [0, 0.05) is 28.9 Å². The highest BCUT2D eigenvalue weighted by Gasteiger charge is 2.20. The van der Waals surface area contributed by atoms with Crippen molar-refractivity contribution in [1.82, 2.24) is 9.38 Å². The molecule has 7 aromatic rings. The molecule has 7 rings (SSSR count). The third kappa shape index (κ3) is 5.10. The molecule has 0 bridgehead atoms. The standard InChI is InChI=1S/C39H32N2O4/c1-44-37-22-31(36-21-30-18-32(23-42)33(24-43)20-35(30)39-40-13-14-41(36)39)19-34(38(37)45-2)29-16-27(25-9-5-3-6-10-25)15-28(17-29)26-11-7-4-8-12-26/h3-22,42-43H,23-24H2,1-2H3. The van der Waals surface area contributed by atoms with Crippen molar-refractivity contribution < 1.29 is 19.7 Å². The van der Waals surface area contributed by atoms with Crippen LogP contribution in [0.25, 0.3) is 61.1 Å². The molecule has 0 aliphatic carbocycles. The molecule has 6 nitrogen and oxygen atoms in total. The Hall–Kier alpha value is -5.43. The first-order chi connectivity index (χ1) is 22.1. The SMILES string of the molecule is COc1cc(-c2cc3cc(CO)c(CO)cc3c3nccn23)cc(-c2cc(-c3ccccc3)cc(-c3ccccc3)c2)c1OC. The summed E-state index contributed by atoms with van der Waals surface area (Å²) < 4.78 is 14.0. The number of benzene rings is 5. The van der Waals surface area contributed by atoms with E-state index in [0.717, 1.165) is 61.1 Å². The number of rotatable bonds is 8. The molecule has 6 heteroatoms.